The van der Waals surface area contributed by atoms with Crippen LogP contribution in [0.3, 0.4) is 0 Å². The largest absolute Gasteiger partial charge is 0.490 e. The second-order valence-electron chi connectivity index (χ2n) is 12.2. The van der Waals surface area contributed by atoms with E-state index in [9.17, 15) is 8.78 Å². The highest BCUT2D eigenvalue weighted by molar-refractivity contribution is 5.65. The molecule has 4 heteroatoms. The Bertz CT molecular complexity index is 1070. The lowest BCUT2D eigenvalue weighted by Gasteiger charge is -2.41. The van der Waals surface area contributed by atoms with E-state index in [-0.39, 0.29) is 11.3 Å². The van der Waals surface area contributed by atoms with Gasteiger partial charge in [-0.2, -0.15) is 4.39 Å². The summed E-state index contributed by atoms with van der Waals surface area (Å²) in [7, 11) is 0. The fraction of sp³-hybridized carbons (Fsp3) is 0.600. The molecule has 0 spiro atoms. The summed E-state index contributed by atoms with van der Waals surface area (Å²) in [6, 6.07) is 11.2. The molecule has 2 nitrogen and oxygen atoms in total. The maximum Gasteiger partial charge on any atom is 0.201 e. The van der Waals surface area contributed by atoms with Gasteiger partial charge < -0.3 is 9.47 Å². The Balaban J connectivity index is 1.10. The van der Waals surface area contributed by atoms with Gasteiger partial charge in [-0.15, -0.1) is 0 Å². The van der Waals surface area contributed by atoms with Crippen LogP contribution in [0.4, 0.5) is 8.78 Å². The molecule has 2 aromatic carbocycles. The molecule has 0 N–H and O–H groups in total. The van der Waals surface area contributed by atoms with Crippen molar-refractivity contribution in [2.24, 2.45) is 23.7 Å². The van der Waals surface area contributed by atoms with Crippen LogP contribution in [-0.2, 0) is 4.74 Å². The summed E-state index contributed by atoms with van der Waals surface area (Å²) in [6.07, 6.45) is 18.6. The molecule has 212 valence electrons. The summed E-state index contributed by atoms with van der Waals surface area (Å²) in [4.78, 5) is 0. The first-order chi connectivity index (χ1) is 19.1. The van der Waals surface area contributed by atoms with Gasteiger partial charge in [-0.3, -0.25) is 0 Å². The van der Waals surface area contributed by atoms with Crippen LogP contribution >= 0.6 is 0 Å². The minimum atomic E-state index is -0.906. The monoisotopic (exact) mass is 536 g/mol. The zero-order valence-electron chi connectivity index (χ0n) is 23.8. The molecule has 0 bridgehead atoms. The third-order valence-corrected chi connectivity index (χ3v) is 9.79. The number of allylic oxidation sites excluding steroid dienone is 2. The van der Waals surface area contributed by atoms with Crippen LogP contribution in [0, 0.1) is 35.3 Å². The minimum Gasteiger partial charge on any atom is -0.490 e. The zero-order valence-corrected chi connectivity index (χ0v) is 23.8. The SMILES string of the molecule is C/C=C/C1CCC(C2CCC(C3CCC(c4ccc(-c5ccc(OCCC)c(F)c5F)cc4)CC3)OC2)CC1. The first-order valence-electron chi connectivity index (χ1n) is 15.5. The Morgan fingerprint density at radius 1 is 0.795 bits per heavy atom. The predicted octanol–water partition coefficient (Wildman–Crippen LogP) is 9.87. The average Bonchev–Trinajstić information content (AvgIpc) is 2.99. The van der Waals surface area contributed by atoms with E-state index in [1.54, 1.807) is 6.07 Å². The molecule has 2 aromatic rings. The van der Waals surface area contributed by atoms with Gasteiger partial charge in [-0.25, -0.2) is 4.39 Å². The van der Waals surface area contributed by atoms with Crippen molar-refractivity contribution in [2.75, 3.05) is 13.2 Å². The van der Waals surface area contributed by atoms with E-state index in [0.717, 1.165) is 30.8 Å². The van der Waals surface area contributed by atoms with Crippen LogP contribution in [0.5, 0.6) is 5.75 Å². The Labute approximate surface area is 234 Å². The highest BCUT2D eigenvalue weighted by Gasteiger charge is 2.35. The molecule has 2 unspecified atom stereocenters. The van der Waals surface area contributed by atoms with Crippen LogP contribution in [0.1, 0.15) is 96.0 Å². The third kappa shape index (κ3) is 6.76. The van der Waals surface area contributed by atoms with Crippen LogP contribution in [-0.4, -0.2) is 19.3 Å². The fourth-order valence-electron chi connectivity index (χ4n) is 7.45. The molecule has 1 saturated heterocycles. The lowest BCUT2D eigenvalue weighted by Crippen LogP contribution is -2.37. The topological polar surface area (TPSA) is 18.5 Å². The Morgan fingerprint density at radius 2 is 1.49 bits per heavy atom. The van der Waals surface area contributed by atoms with Gasteiger partial charge in [-0.1, -0.05) is 43.3 Å². The molecular weight excluding hydrogens is 490 g/mol. The zero-order chi connectivity index (χ0) is 27.2. The lowest BCUT2D eigenvalue weighted by atomic mass is 9.71. The Hall–Kier alpha value is -2.20. The summed E-state index contributed by atoms with van der Waals surface area (Å²) >= 11 is 0. The fourth-order valence-corrected chi connectivity index (χ4v) is 7.45. The molecule has 0 radical (unpaired) electrons. The van der Waals surface area contributed by atoms with Crippen molar-refractivity contribution >= 4 is 0 Å². The van der Waals surface area contributed by atoms with Gasteiger partial charge >= 0.3 is 0 Å². The maximum atomic E-state index is 14.8. The van der Waals surface area contributed by atoms with Crippen molar-refractivity contribution in [3.63, 3.8) is 0 Å². The number of hydrogen-bond acceptors (Lipinski definition) is 2. The summed E-state index contributed by atoms with van der Waals surface area (Å²) in [5.41, 5.74) is 2.29. The van der Waals surface area contributed by atoms with E-state index in [0.29, 0.717) is 30.1 Å². The summed E-state index contributed by atoms with van der Waals surface area (Å²) in [5, 5.41) is 0. The van der Waals surface area contributed by atoms with E-state index >= 15 is 0 Å². The van der Waals surface area contributed by atoms with Gasteiger partial charge in [0.05, 0.1) is 19.3 Å². The Kier molecular flexibility index (Phi) is 9.76. The number of ether oxygens (including phenoxy) is 2. The van der Waals surface area contributed by atoms with E-state index in [1.165, 1.54) is 75.8 Å². The summed E-state index contributed by atoms with van der Waals surface area (Å²) in [5.74, 6) is 1.88. The predicted molar refractivity (Wildman–Crippen MR) is 155 cm³/mol. The summed E-state index contributed by atoms with van der Waals surface area (Å²) < 4.78 is 41.1. The van der Waals surface area contributed by atoms with Crippen LogP contribution in [0.15, 0.2) is 48.6 Å². The van der Waals surface area contributed by atoms with Gasteiger partial charge in [-0.05, 0) is 130 Å². The van der Waals surface area contributed by atoms with E-state index in [2.05, 4.69) is 31.2 Å². The third-order valence-electron chi connectivity index (χ3n) is 9.79. The number of rotatable bonds is 8. The standard InChI is InChI=1S/C35H46F2O2/c1-3-5-24-6-8-27(9-7-24)30-18-20-32(39-23-30)29-16-12-26(13-17-29)25-10-14-28(15-11-25)31-19-21-33(38-22-4-2)35(37)34(31)36/h3,5,10-11,14-15,19,21,24,26-27,29-30,32H,4,6-9,12-13,16-18,20,22-23H2,1-2H3/b5-3+. The molecular formula is C35H46F2O2. The van der Waals surface area contributed by atoms with Crippen molar-refractivity contribution in [1.29, 1.82) is 0 Å². The molecule has 0 aromatic heterocycles. The minimum absolute atomic E-state index is 0.0175. The van der Waals surface area contributed by atoms with E-state index in [1.807, 2.05) is 19.1 Å². The van der Waals surface area contributed by atoms with Gasteiger partial charge in [0.1, 0.15) is 0 Å². The number of hydrogen-bond donors (Lipinski definition) is 0. The number of benzene rings is 2. The smallest absolute Gasteiger partial charge is 0.201 e. The molecule has 3 aliphatic rings. The van der Waals surface area contributed by atoms with Gasteiger partial charge in [0.25, 0.3) is 0 Å². The maximum absolute atomic E-state index is 14.8. The molecule has 2 aliphatic carbocycles. The quantitative estimate of drug-likeness (QED) is 0.313. The van der Waals surface area contributed by atoms with Crippen LogP contribution in [0.25, 0.3) is 11.1 Å². The first kappa shape index (κ1) is 28.3. The molecule has 1 heterocycles. The van der Waals surface area contributed by atoms with Crippen molar-refractivity contribution in [2.45, 2.75) is 96.5 Å². The Morgan fingerprint density at radius 3 is 2.13 bits per heavy atom. The van der Waals surface area contributed by atoms with Crippen LogP contribution in [0.2, 0.25) is 0 Å². The van der Waals surface area contributed by atoms with Crippen LogP contribution < -0.4 is 4.74 Å². The molecule has 1 aliphatic heterocycles. The average molecular weight is 537 g/mol. The summed E-state index contributed by atoms with van der Waals surface area (Å²) in [6.45, 7) is 5.42. The molecule has 0 amide bonds. The molecule has 2 atom stereocenters. The molecule has 5 rings (SSSR count). The van der Waals surface area contributed by atoms with E-state index < -0.39 is 11.6 Å². The van der Waals surface area contributed by atoms with Crippen molar-refractivity contribution < 1.29 is 18.3 Å². The van der Waals surface area contributed by atoms with Crippen molar-refractivity contribution in [3.05, 3.63) is 65.7 Å². The highest BCUT2D eigenvalue weighted by atomic mass is 19.2. The number of halogens is 2. The first-order valence-corrected chi connectivity index (χ1v) is 15.5. The van der Waals surface area contributed by atoms with Gasteiger partial charge in [0, 0.05) is 5.56 Å². The normalized spacial score (nSPS) is 29.9. The van der Waals surface area contributed by atoms with Crippen molar-refractivity contribution in [1.82, 2.24) is 0 Å². The van der Waals surface area contributed by atoms with Gasteiger partial charge in [0.2, 0.25) is 5.82 Å². The second kappa shape index (κ2) is 13.4. The van der Waals surface area contributed by atoms with E-state index in [4.69, 9.17) is 9.47 Å². The molecule has 2 saturated carbocycles. The van der Waals surface area contributed by atoms with Crippen molar-refractivity contribution in [3.8, 4) is 16.9 Å². The lowest BCUT2D eigenvalue weighted by molar-refractivity contribution is -0.0718. The van der Waals surface area contributed by atoms with Gasteiger partial charge in [0.15, 0.2) is 11.6 Å². The highest BCUT2D eigenvalue weighted by Crippen LogP contribution is 2.43. The molecule has 3 fully saturated rings. The molecule has 39 heavy (non-hydrogen) atoms. The second-order valence-corrected chi connectivity index (χ2v) is 12.2.